The zero-order chi connectivity index (χ0) is 9.19. The maximum absolute atomic E-state index is 4.03. The van der Waals surface area contributed by atoms with E-state index in [1.54, 1.807) is 0 Å². The molecule has 0 spiro atoms. The van der Waals surface area contributed by atoms with Gasteiger partial charge in [-0.3, -0.25) is 4.98 Å². The van der Waals surface area contributed by atoms with Crippen LogP contribution < -0.4 is 0 Å². The van der Waals surface area contributed by atoms with Crippen molar-refractivity contribution in [1.82, 2.24) is 4.98 Å². The van der Waals surface area contributed by atoms with Gasteiger partial charge in [-0.25, -0.2) is 0 Å². The molecule has 1 heterocycles. The SMILES string of the molecule is C[C@@H](c1ccncc1)[Si](C)(C)C. The Kier molecular flexibility index (Phi) is 2.68. The molecule has 1 atom stereocenters. The second kappa shape index (κ2) is 3.40. The first-order valence-corrected chi connectivity index (χ1v) is 7.99. The van der Waals surface area contributed by atoms with Crippen molar-refractivity contribution in [1.29, 1.82) is 0 Å². The number of hydrogen-bond acceptors (Lipinski definition) is 1. The Morgan fingerprint density at radius 1 is 1.17 bits per heavy atom. The van der Waals surface area contributed by atoms with Gasteiger partial charge in [0.2, 0.25) is 0 Å². The zero-order valence-electron chi connectivity index (χ0n) is 8.33. The number of nitrogens with zero attached hydrogens (tertiary/aromatic N) is 1. The van der Waals surface area contributed by atoms with Gasteiger partial charge in [0.05, 0.1) is 8.07 Å². The monoisotopic (exact) mass is 179 g/mol. The highest BCUT2D eigenvalue weighted by Crippen LogP contribution is 2.25. The minimum absolute atomic E-state index is 0.723. The van der Waals surface area contributed by atoms with Crippen molar-refractivity contribution in [2.45, 2.75) is 32.1 Å². The Morgan fingerprint density at radius 2 is 1.67 bits per heavy atom. The largest absolute Gasteiger partial charge is 0.265 e. The van der Waals surface area contributed by atoms with Gasteiger partial charge in [0.1, 0.15) is 0 Å². The minimum Gasteiger partial charge on any atom is -0.265 e. The van der Waals surface area contributed by atoms with E-state index in [4.69, 9.17) is 0 Å². The van der Waals surface area contributed by atoms with E-state index in [0.29, 0.717) is 0 Å². The van der Waals surface area contributed by atoms with Crippen LogP contribution in [0.15, 0.2) is 24.5 Å². The minimum atomic E-state index is -1.03. The summed E-state index contributed by atoms with van der Waals surface area (Å²) in [6, 6.07) is 4.26. The quantitative estimate of drug-likeness (QED) is 0.636. The molecule has 0 aliphatic heterocycles. The molecule has 0 aliphatic rings. The van der Waals surface area contributed by atoms with Crippen molar-refractivity contribution < 1.29 is 0 Å². The molecule has 0 amide bonds. The lowest BCUT2D eigenvalue weighted by Gasteiger charge is -2.25. The van der Waals surface area contributed by atoms with Crippen molar-refractivity contribution in [2.24, 2.45) is 0 Å². The Bertz CT molecular complexity index is 238. The standard InChI is InChI=1S/C10H17NSi/c1-9(12(2,3)4)10-5-7-11-8-6-10/h5-9H,1-4H3/t9-/m0/s1. The number of pyridine rings is 1. The Labute approximate surface area is 75.9 Å². The first kappa shape index (κ1) is 9.45. The van der Waals surface area contributed by atoms with Crippen molar-refractivity contribution in [3.8, 4) is 0 Å². The summed E-state index contributed by atoms with van der Waals surface area (Å²) >= 11 is 0. The summed E-state index contributed by atoms with van der Waals surface area (Å²) in [6.07, 6.45) is 3.76. The molecule has 0 saturated heterocycles. The molecule has 0 aliphatic carbocycles. The van der Waals surface area contributed by atoms with E-state index in [-0.39, 0.29) is 0 Å². The molecule has 1 nitrogen and oxygen atoms in total. The van der Waals surface area contributed by atoms with Crippen LogP contribution in [0.4, 0.5) is 0 Å². The van der Waals surface area contributed by atoms with Gasteiger partial charge in [-0.2, -0.15) is 0 Å². The van der Waals surface area contributed by atoms with Crippen molar-refractivity contribution in [3.05, 3.63) is 30.1 Å². The van der Waals surface area contributed by atoms with Crippen LogP contribution in [0.1, 0.15) is 18.0 Å². The van der Waals surface area contributed by atoms with E-state index in [9.17, 15) is 0 Å². The van der Waals surface area contributed by atoms with Crippen molar-refractivity contribution >= 4 is 8.07 Å². The highest BCUT2D eigenvalue weighted by atomic mass is 28.3. The predicted octanol–water partition coefficient (Wildman–Crippen LogP) is 3.06. The average molecular weight is 179 g/mol. The highest BCUT2D eigenvalue weighted by Gasteiger charge is 2.23. The third-order valence-corrected chi connectivity index (χ3v) is 5.44. The molecule has 1 rings (SSSR count). The summed E-state index contributed by atoms with van der Waals surface area (Å²) in [5.74, 6) is 0. The number of rotatable bonds is 2. The molecule has 0 N–H and O–H groups in total. The molecule has 0 saturated carbocycles. The lowest BCUT2D eigenvalue weighted by Crippen LogP contribution is -2.28. The topological polar surface area (TPSA) is 12.9 Å². The van der Waals surface area contributed by atoms with Gasteiger partial charge >= 0.3 is 0 Å². The van der Waals surface area contributed by atoms with Gasteiger partial charge < -0.3 is 0 Å². The molecule has 2 heteroatoms. The Hall–Kier alpha value is -0.633. The highest BCUT2D eigenvalue weighted by molar-refractivity contribution is 6.77. The first-order valence-electron chi connectivity index (χ1n) is 4.42. The summed E-state index contributed by atoms with van der Waals surface area (Å²) in [6.45, 7) is 9.52. The van der Waals surface area contributed by atoms with Crippen molar-refractivity contribution in [2.75, 3.05) is 0 Å². The molecule has 1 aromatic heterocycles. The summed E-state index contributed by atoms with van der Waals surface area (Å²) in [5, 5.41) is 0. The van der Waals surface area contributed by atoms with E-state index in [1.807, 2.05) is 12.4 Å². The normalized spacial score (nSPS) is 14.3. The fourth-order valence-electron chi connectivity index (χ4n) is 1.15. The molecule has 0 radical (unpaired) electrons. The van der Waals surface area contributed by atoms with Gasteiger partial charge in [-0.1, -0.05) is 26.6 Å². The Balaban J connectivity index is 2.86. The van der Waals surface area contributed by atoms with Gasteiger partial charge in [0.25, 0.3) is 0 Å². The summed E-state index contributed by atoms with van der Waals surface area (Å²) in [5.41, 5.74) is 2.16. The van der Waals surface area contributed by atoms with E-state index in [2.05, 4.69) is 43.7 Å². The number of aromatic nitrogens is 1. The van der Waals surface area contributed by atoms with Crippen LogP contribution in [-0.4, -0.2) is 13.1 Å². The van der Waals surface area contributed by atoms with Gasteiger partial charge in [0.15, 0.2) is 0 Å². The van der Waals surface area contributed by atoms with Crippen LogP contribution in [0.2, 0.25) is 19.6 Å². The molecular formula is C10H17NSi. The predicted molar refractivity (Wildman–Crippen MR) is 56.0 cm³/mol. The molecule has 1 aromatic rings. The smallest absolute Gasteiger partial charge is 0.0518 e. The fourth-order valence-corrected chi connectivity index (χ4v) is 2.34. The fraction of sp³-hybridized carbons (Fsp3) is 0.500. The third kappa shape index (κ3) is 2.17. The molecule has 12 heavy (non-hydrogen) atoms. The zero-order valence-corrected chi connectivity index (χ0v) is 9.33. The second-order valence-corrected chi connectivity index (χ2v) is 9.97. The van der Waals surface area contributed by atoms with Crippen LogP contribution in [0.5, 0.6) is 0 Å². The van der Waals surface area contributed by atoms with Gasteiger partial charge in [0, 0.05) is 12.4 Å². The van der Waals surface area contributed by atoms with E-state index in [1.165, 1.54) is 5.56 Å². The van der Waals surface area contributed by atoms with E-state index >= 15 is 0 Å². The Morgan fingerprint density at radius 3 is 2.08 bits per heavy atom. The van der Waals surface area contributed by atoms with Crippen LogP contribution in [0.25, 0.3) is 0 Å². The molecular weight excluding hydrogens is 162 g/mol. The van der Waals surface area contributed by atoms with Crippen molar-refractivity contribution in [3.63, 3.8) is 0 Å². The van der Waals surface area contributed by atoms with E-state index < -0.39 is 8.07 Å². The lowest BCUT2D eigenvalue weighted by atomic mass is 10.2. The van der Waals surface area contributed by atoms with Gasteiger partial charge in [-0.15, -0.1) is 0 Å². The summed E-state index contributed by atoms with van der Waals surface area (Å²) in [7, 11) is -1.03. The number of hydrogen-bond donors (Lipinski definition) is 0. The van der Waals surface area contributed by atoms with Gasteiger partial charge in [-0.05, 0) is 23.2 Å². The van der Waals surface area contributed by atoms with Crippen LogP contribution >= 0.6 is 0 Å². The van der Waals surface area contributed by atoms with Crippen LogP contribution in [0.3, 0.4) is 0 Å². The average Bonchev–Trinajstić information content (AvgIpc) is 2.03. The molecule has 0 bridgehead atoms. The maximum atomic E-state index is 4.03. The van der Waals surface area contributed by atoms with E-state index in [0.717, 1.165) is 5.54 Å². The second-order valence-electron chi connectivity index (χ2n) is 4.37. The molecule has 0 unspecified atom stereocenters. The first-order chi connectivity index (χ1) is 5.52. The molecule has 0 fully saturated rings. The summed E-state index contributed by atoms with van der Waals surface area (Å²) in [4.78, 5) is 4.03. The molecule has 0 aromatic carbocycles. The van der Waals surface area contributed by atoms with Crippen LogP contribution in [-0.2, 0) is 0 Å². The lowest BCUT2D eigenvalue weighted by molar-refractivity contribution is 1.01. The van der Waals surface area contributed by atoms with Crippen LogP contribution in [0, 0.1) is 0 Å². The third-order valence-electron chi connectivity index (χ3n) is 2.51. The molecule has 66 valence electrons. The maximum Gasteiger partial charge on any atom is 0.0518 e. The summed E-state index contributed by atoms with van der Waals surface area (Å²) < 4.78 is 0.